The summed E-state index contributed by atoms with van der Waals surface area (Å²) in [5.41, 5.74) is 2.66. The van der Waals surface area contributed by atoms with E-state index in [9.17, 15) is 19.1 Å². The number of nitro groups is 1. The lowest BCUT2D eigenvalue weighted by molar-refractivity contribution is -0.384. The van der Waals surface area contributed by atoms with Gasteiger partial charge in [-0.1, -0.05) is 0 Å². The fourth-order valence-electron chi connectivity index (χ4n) is 1.96. The van der Waals surface area contributed by atoms with E-state index in [2.05, 4.69) is 5.43 Å². The fourth-order valence-corrected chi connectivity index (χ4v) is 3.01. The first-order valence-electron chi connectivity index (χ1n) is 5.92. The first kappa shape index (κ1) is 14.4. The number of non-ortho nitro benzene ring substituents is 1. The van der Waals surface area contributed by atoms with Crippen molar-refractivity contribution in [3.63, 3.8) is 0 Å². The second-order valence-electron chi connectivity index (χ2n) is 4.27. The quantitative estimate of drug-likeness (QED) is 0.463. The van der Waals surface area contributed by atoms with Crippen LogP contribution in [0.25, 0.3) is 0 Å². The standard InChI is InChI=1S/C11H14N4O4S/c12-13-10-2-1-8(15(17)18)7-9(10)11(16)14-3-5-20(19)6-4-14/h1-2,7,13H,3-6,12H2. The lowest BCUT2D eigenvalue weighted by Gasteiger charge is -2.27. The third kappa shape index (κ3) is 2.94. The van der Waals surface area contributed by atoms with Crippen molar-refractivity contribution < 1.29 is 13.9 Å². The molecule has 1 heterocycles. The Hall–Kier alpha value is -2.00. The third-order valence-corrected chi connectivity index (χ3v) is 4.34. The first-order chi connectivity index (χ1) is 9.52. The topological polar surface area (TPSA) is 119 Å². The van der Waals surface area contributed by atoms with Crippen LogP contribution in [-0.2, 0) is 10.8 Å². The van der Waals surface area contributed by atoms with Gasteiger partial charge in [0.15, 0.2) is 0 Å². The van der Waals surface area contributed by atoms with E-state index in [-0.39, 0.29) is 17.2 Å². The first-order valence-corrected chi connectivity index (χ1v) is 7.41. The predicted molar refractivity (Wildman–Crippen MR) is 74.7 cm³/mol. The largest absolute Gasteiger partial charge is 0.337 e. The van der Waals surface area contributed by atoms with Crippen LogP contribution in [0.4, 0.5) is 11.4 Å². The van der Waals surface area contributed by atoms with Gasteiger partial charge in [-0.3, -0.25) is 25.0 Å². The zero-order chi connectivity index (χ0) is 14.7. The molecule has 8 nitrogen and oxygen atoms in total. The number of nitrogens with one attached hydrogen (secondary N) is 1. The molecule has 108 valence electrons. The SMILES string of the molecule is NNc1ccc([N+](=O)[O-])cc1C(=O)N1CCS(=O)CC1. The highest BCUT2D eigenvalue weighted by Crippen LogP contribution is 2.23. The van der Waals surface area contributed by atoms with Crippen molar-refractivity contribution in [1.82, 2.24) is 4.90 Å². The van der Waals surface area contributed by atoms with E-state index in [1.54, 1.807) is 0 Å². The summed E-state index contributed by atoms with van der Waals surface area (Å²) in [6.07, 6.45) is 0. The molecule has 1 aromatic carbocycles. The van der Waals surface area contributed by atoms with Gasteiger partial charge in [0.1, 0.15) is 0 Å². The Morgan fingerprint density at radius 3 is 2.60 bits per heavy atom. The lowest BCUT2D eigenvalue weighted by atomic mass is 10.1. The Bertz CT molecular complexity index is 568. The summed E-state index contributed by atoms with van der Waals surface area (Å²) in [4.78, 5) is 24.1. The molecule has 1 aliphatic heterocycles. The van der Waals surface area contributed by atoms with Crippen LogP contribution in [0.3, 0.4) is 0 Å². The molecule has 0 aliphatic carbocycles. The summed E-state index contributed by atoms with van der Waals surface area (Å²) in [6, 6.07) is 3.87. The van der Waals surface area contributed by atoms with Crippen LogP contribution in [-0.4, -0.2) is 44.5 Å². The maximum atomic E-state index is 12.4. The van der Waals surface area contributed by atoms with Crippen molar-refractivity contribution in [2.24, 2.45) is 5.84 Å². The Kier molecular flexibility index (Phi) is 4.30. The molecule has 1 fully saturated rings. The Morgan fingerprint density at radius 1 is 1.40 bits per heavy atom. The molecule has 1 aliphatic rings. The van der Waals surface area contributed by atoms with Gasteiger partial charge >= 0.3 is 0 Å². The molecule has 1 amide bonds. The number of nitrogens with two attached hydrogens (primary N) is 1. The number of hydrogen-bond donors (Lipinski definition) is 2. The van der Waals surface area contributed by atoms with Crippen LogP contribution in [0.2, 0.25) is 0 Å². The van der Waals surface area contributed by atoms with E-state index < -0.39 is 15.7 Å². The molecule has 0 atom stereocenters. The zero-order valence-electron chi connectivity index (χ0n) is 10.6. The number of hydrogen-bond acceptors (Lipinski definition) is 6. The number of amides is 1. The van der Waals surface area contributed by atoms with Gasteiger partial charge < -0.3 is 10.3 Å². The summed E-state index contributed by atoms with van der Waals surface area (Å²) < 4.78 is 11.3. The Labute approximate surface area is 117 Å². The molecule has 0 radical (unpaired) electrons. The zero-order valence-corrected chi connectivity index (χ0v) is 11.4. The van der Waals surface area contributed by atoms with E-state index in [0.29, 0.717) is 30.3 Å². The van der Waals surface area contributed by atoms with Gasteiger partial charge in [0.25, 0.3) is 11.6 Å². The van der Waals surface area contributed by atoms with Crippen molar-refractivity contribution >= 4 is 28.1 Å². The second-order valence-corrected chi connectivity index (χ2v) is 5.97. The highest BCUT2D eigenvalue weighted by Gasteiger charge is 2.24. The minimum Gasteiger partial charge on any atom is -0.337 e. The van der Waals surface area contributed by atoms with E-state index >= 15 is 0 Å². The van der Waals surface area contributed by atoms with Crippen molar-refractivity contribution in [1.29, 1.82) is 0 Å². The highest BCUT2D eigenvalue weighted by molar-refractivity contribution is 7.85. The molecule has 0 saturated carbocycles. The number of benzene rings is 1. The number of nitrogens with zero attached hydrogens (tertiary/aromatic N) is 2. The summed E-state index contributed by atoms with van der Waals surface area (Å²) >= 11 is 0. The molecule has 2 rings (SSSR count). The van der Waals surface area contributed by atoms with E-state index in [1.807, 2.05) is 0 Å². The number of hydrazine groups is 1. The summed E-state index contributed by atoms with van der Waals surface area (Å²) in [7, 11) is -0.895. The van der Waals surface area contributed by atoms with Crippen molar-refractivity contribution in [2.45, 2.75) is 0 Å². The van der Waals surface area contributed by atoms with Crippen LogP contribution in [0.15, 0.2) is 18.2 Å². The summed E-state index contributed by atoms with van der Waals surface area (Å²) in [5.74, 6) is 5.82. The van der Waals surface area contributed by atoms with Crippen molar-refractivity contribution in [2.75, 3.05) is 30.0 Å². The van der Waals surface area contributed by atoms with Gasteiger partial charge in [-0.05, 0) is 6.07 Å². The molecule has 0 spiro atoms. The van der Waals surface area contributed by atoms with Crippen LogP contribution in [0.1, 0.15) is 10.4 Å². The van der Waals surface area contributed by atoms with E-state index in [4.69, 9.17) is 5.84 Å². The Morgan fingerprint density at radius 2 is 2.05 bits per heavy atom. The Balaban J connectivity index is 2.30. The average Bonchev–Trinajstić information content (AvgIpc) is 2.46. The molecule has 0 aromatic heterocycles. The minimum absolute atomic E-state index is 0.148. The normalized spacial score (nSPS) is 15.9. The minimum atomic E-state index is -0.895. The number of rotatable bonds is 3. The molecule has 1 saturated heterocycles. The van der Waals surface area contributed by atoms with E-state index in [0.717, 1.165) is 0 Å². The lowest BCUT2D eigenvalue weighted by Crippen LogP contribution is -2.42. The smallest absolute Gasteiger partial charge is 0.270 e. The van der Waals surface area contributed by atoms with Crippen LogP contribution in [0, 0.1) is 10.1 Å². The maximum absolute atomic E-state index is 12.4. The van der Waals surface area contributed by atoms with Gasteiger partial charge in [0.05, 0.1) is 16.2 Å². The monoisotopic (exact) mass is 298 g/mol. The number of carbonyl (C=O) groups excluding carboxylic acids is 1. The van der Waals surface area contributed by atoms with Crippen molar-refractivity contribution in [3.8, 4) is 0 Å². The average molecular weight is 298 g/mol. The number of nitro benzene ring substituents is 1. The fraction of sp³-hybridized carbons (Fsp3) is 0.364. The maximum Gasteiger partial charge on any atom is 0.270 e. The van der Waals surface area contributed by atoms with Gasteiger partial charge in [-0.2, -0.15) is 0 Å². The van der Waals surface area contributed by atoms with Gasteiger partial charge in [-0.25, -0.2) is 0 Å². The molecule has 1 aromatic rings. The highest BCUT2D eigenvalue weighted by atomic mass is 32.2. The molecule has 0 bridgehead atoms. The molecular weight excluding hydrogens is 284 g/mol. The van der Waals surface area contributed by atoms with Crippen LogP contribution < -0.4 is 11.3 Å². The molecule has 20 heavy (non-hydrogen) atoms. The molecule has 0 unspecified atom stereocenters. The summed E-state index contributed by atoms with van der Waals surface area (Å²) in [6.45, 7) is 0.746. The predicted octanol–water partition coefficient (Wildman–Crippen LogP) is 0.0849. The number of carbonyl (C=O) groups is 1. The van der Waals surface area contributed by atoms with Gasteiger partial charge in [0.2, 0.25) is 0 Å². The van der Waals surface area contributed by atoms with Gasteiger partial charge in [0, 0.05) is 47.5 Å². The number of nitrogen functional groups attached to an aromatic ring is 1. The van der Waals surface area contributed by atoms with Crippen molar-refractivity contribution in [3.05, 3.63) is 33.9 Å². The summed E-state index contributed by atoms with van der Waals surface area (Å²) in [5, 5.41) is 10.8. The third-order valence-electron chi connectivity index (χ3n) is 3.06. The van der Waals surface area contributed by atoms with Crippen LogP contribution in [0.5, 0.6) is 0 Å². The molecular formula is C11H14N4O4S. The molecule has 9 heteroatoms. The van der Waals surface area contributed by atoms with E-state index in [1.165, 1.54) is 23.1 Å². The molecule has 3 N–H and O–H groups in total. The second kappa shape index (κ2) is 5.97. The van der Waals surface area contributed by atoms with Gasteiger partial charge in [-0.15, -0.1) is 0 Å². The number of anilines is 1. The van der Waals surface area contributed by atoms with Crippen LogP contribution >= 0.6 is 0 Å².